The van der Waals surface area contributed by atoms with Gasteiger partial charge in [0.2, 0.25) is 5.91 Å². The summed E-state index contributed by atoms with van der Waals surface area (Å²) in [5.41, 5.74) is 9.62. The molecule has 258 valence electrons. The van der Waals surface area contributed by atoms with E-state index in [4.69, 9.17) is 33.7 Å². The van der Waals surface area contributed by atoms with Gasteiger partial charge in [0.1, 0.15) is 12.4 Å². The largest absolute Gasteiger partial charge is 0.492 e. The Morgan fingerprint density at radius 3 is 1.94 bits per heavy atom. The van der Waals surface area contributed by atoms with Crippen molar-refractivity contribution in [2.45, 2.75) is 39.8 Å². The standard InChI is InChI=1S/C26H28ClN3O2.C12H11ClN2.2CH4/c27-22-8-6-7-21(19-22)25(24-11-4-5-14-28-24)29-26(31)20-12-15-30(16-13-20)17-18-32-23-9-2-1-3-10-23;13-10-5-3-4-9(8-10)12(14)11-6-1-2-7-15-11;;/h1-11,14,19-20,25H,12-13,15-18H2,(H,29,31);1-8,12H,14H2;2*1H4. The number of hydrogen-bond acceptors (Lipinski definition) is 6. The molecule has 49 heavy (non-hydrogen) atoms. The van der Waals surface area contributed by atoms with Crippen LogP contribution < -0.4 is 15.8 Å². The van der Waals surface area contributed by atoms with Crippen LogP contribution in [0.1, 0.15) is 62.3 Å². The summed E-state index contributed by atoms with van der Waals surface area (Å²) in [6.07, 6.45) is 5.15. The molecule has 7 nitrogen and oxygen atoms in total. The minimum atomic E-state index is -0.320. The number of nitrogens with one attached hydrogen (secondary N) is 1. The van der Waals surface area contributed by atoms with Crippen molar-refractivity contribution in [3.8, 4) is 5.75 Å². The molecule has 0 aliphatic carbocycles. The van der Waals surface area contributed by atoms with Gasteiger partial charge in [-0.25, -0.2) is 0 Å². The Hall–Kier alpha value is -4.27. The Labute approximate surface area is 301 Å². The Kier molecular flexibility index (Phi) is 16.2. The average molecular weight is 701 g/mol. The molecule has 0 saturated carbocycles. The lowest BCUT2D eigenvalue weighted by molar-refractivity contribution is -0.127. The van der Waals surface area contributed by atoms with Crippen LogP contribution in [0.5, 0.6) is 5.75 Å². The minimum Gasteiger partial charge on any atom is -0.492 e. The number of nitrogens with zero attached hydrogens (tertiary/aromatic N) is 3. The van der Waals surface area contributed by atoms with Gasteiger partial charge in [-0.3, -0.25) is 19.7 Å². The first-order valence-electron chi connectivity index (χ1n) is 15.7. The van der Waals surface area contributed by atoms with Crippen LogP contribution in [0.4, 0.5) is 0 Å². The smallest absolute Gasteiger partial charge is 0.224 e. The fourth-order valence-electron chi connectivity index (χ4n) is 5.48. The van der Waals surface area contributed by atoms with Gasteiger partial charge in [-0.15, -0.1) is 0 Å². The number of carbonyl (C=O) groups is 1. The molecule has 5 aromatic rings. The van der Waals surface area contributed by atoms with Crippen molar-refractivity contribution < 1.29 is 9.53 Å². The molecule has 1 aliphatic rings. The summed E-state index contributed by atoms with van der Waals surface area (Å²) in [4.78, 5) is 24.2. The highest BCUT2D eigenvalue weighted by molar-refractivity contribution is 6.30. The van der Waals surface area contributed by atoms with Crippen LogP contribution >= 0.6 is 23.2 Å². The van der Waals surface area contributed by atoms with Crippen molar-refractivity contribution in [1.29, 1.82) is 0 Å². The zero-order valence-corrected chi connectivity index (χ0v) is 27.6. The number of hydrogen-bond donors (Lipinski definition) is 2. The summed E-state index contributed by atoms with van der Waals surface area (Å²) in [5, 5.41) is 4.56. The number of rotatable bonds is 10. The third-order valence-corrected chi connectivity index (χ3v) is 8.51. The molecule has 2 unspecified atom stereocenters. The predicted octanol–water partition coefficient (Wildman–Crippen LogP) is 8.79. The monoisotopic (exact) mass is 699 g/mol. The number of benzene rings is 3. The van der Waals surface area contributed by atoms with Gasteiger partial charge in [0.15, 0.2) is 0 Å². The SMILES string of the molecule is C.C.NC(c1cccc(Cl)c1)c1ccccn1.O=C(NC(c1cccc(Cl)c1)c1ccccn1)C1CCN(CCOc2ccccc2)CC1. The van der Waals surface area contributed by atoms with Gasteiger partial charge in [0, 0.05) is 34.9 Å². The molecular formula is C40H47Cl2N5O2. The molecule has 1 amide bonds. The summed E-state index contributed by atoms with van der Waals surface area (Å²) in [5.74, 6) is 0.954. The molecule has 0 bridgehead atoms. The topological polar surface area (TPSA) is 93.4 Å². The first kappa shape index (κ1) is 39.2. The fourth-order valence-corrected chi connectivity index (χ4v) is 5.88. The van der Waals surface area contributed by atoms with E-state index in [-0.39, 0.29) is 38.8 Å². The van der Waals surface area contributed by atoms with Gasteiger partial charge >= 0.3 is 0 Å². The van der Waals surface area contributed by atoms with Crippen LogP contribution in [-0.2, 0) is 4.79 Å². The fraction of sp³-hybridized carbons (Fsp3) is 0.275. The molecule has 3 N–H and O–H groups in total. The van der Waals surface area contributed by atoms with Crippen molar-refractivity contribution in [1.82, 2.24) is 20.2 Å². The van der Waals surface area contributed by atoms with Gasteiger partial charge in [-0.1, -0.05) is 92.7 Å². The normalized spacial score (nSPS) is 14.1. The van der Waals surface area contributed by atoms with Crippen LogP contribution in [-0.4, -0.2) is 47.0 Å². The van der Waals surface area contributed by atoms with E-state index in [1.54, 1.807) is 12.4 Å². The van der Waals surface area contributed by atoms with Crippen LogP contribution in [0.25, 0.3) is 0 Å². The van der Waals surface area contributed by atoms with E-state index in [2.05, 4.69) is 20.2 Å². The number of nitrogens with two attached hydrogens (primary N) is 1. The van der Waals surface area contributed by atoms with E-state index in [1.807, 2.05) is 115 Å². The van der Waals surface area contributed by atoms with Crippen molar-refractivity contribution in [3.63, 3.8) is 0 Å². The van der Waals surface area contributed by atoms with Crippen LogP contribution in [0, 0.1) is 5.92 Å². The number of aromatic nitrogens is 2. The lowest BCUT2D eigenvalue weighted by Crippen LogP contribution is -2.42. The van der Waals surface area contributed by atoms with E-state index < -0.39 is 0 Å². The Morgan fingerprint density at radius 2 is 1.35 bits per heavy atom. The second-order valence-corrected chi connectivity index (χ2v) is 12.2. The number of carbonyl (C=O) groups excluding carboxylic acids is 1. The molecule has 3 aromatic carbocycles. The van der Waals surface area contributed by atoms with Gasteiger partial charge in [-0.2, -0.15) is 0 Å². The number of pyridine rings is 2. The van der Waals surface area contributed by atoms with E-state index in [0.29, 0.717) is 16.7 Å². The molecule has 1 fully saturated rings. The van der Waals surface area contributed by atoms with E-state index in [1.165, 1.54) is 0 Å². The molecule has 6 rings (SSSR count). The first-order valence-corrected chi connectivity index (χ1v) is 16.5. The molecule has 9 heteroatoms. The molecule has 2 atom stereocenters. The van der Waals surface area contributed by atoms with Crippen molar-refractivity contribution in [2.24, 2.45) is 11.7 Å². The maximum absolute atomic E-state index is 13.1. The maximum Gasteiger partial charge on any atom is 0.224 e. The third-order valence-electron chi connectivity index (χ3n) is 8.04. The molecule has 1 aliphatic heterocycles. The second kappa shape index (κ2) is 20.3. The van der Waals surface area contributed by atoms with Gasteiger partial charge in [0.05, 0.1) is 23.5 Å². The van der Waals surface area contributed by atoms with Crippen molar-refractivity contribution in [2.75, 3.05) is 26.2 Å². The van der Waals surface area contributed by atoms with Crippen molar-refractivity contribution >= 4 is 29.1 Å². The summed E-state index contributed by atoms with van der Waals surface area (Å²) in [6, 6.07) is 35.9. The maximum atomic E-state index is 13.1. The van der Waals surface area contributed by atoms with Crippen molar-refractivity contribution in [3.05, 3.63) is 160 Å². The van der Waals surface area contributed by atoms with Gasteiger partial charge < -0.3 is 15.8 Å². The number of piperidine rings is 1. The van der Waals surface area contributed by atoms with E-state index in [9.17, 15) is 4.79 Å². The third kappa shape index (κ3) is 12.0. The number of likely N-dealkylation sites (tertiary alicyclic amines) is 1. The lowest BCUT2D eigenvalue weighted by Gasteiger charge is -2.32. The average Bonchev–Trinajstić information content (AvgIpc) is 3.12. The highest BCUT2D eigenvalue weighted by Gasteiger charge is 2.28. The minimum absolute atomic E-state index is 0. The van der Waals surface area contributed by atoms with Crippen LogP contribution in [0.15, 0.2) is 128 Å². The summed E-state index contributed by atoms with van der Waals surface area (Å²) < 4.78 is 5.80. The lowest BCUT2D eigenvalue weighted by atomic mass is 9.94. The Bertz CT molecular complexity index is 1670. The molecule has 1 saturated heterocycles. The molecule has 0 radical (unpaired) electrons. The molecule has 0 spiro atoms. The number of para-hydroxylation sites is 1. The zero-order chi connectivity index (χ0) is 32.8. The number of ether oxygens (including phenoxy) is 1. The number of halogens is 2. The number of amides is 1. The van der Waals surface area contributed by atoms with Gasteiger partial charge in [0.25, 0.3) is 0 Å². The molecular weight excluding hydrogens is 653 g/mol. The van der Waals surface area contributed by atoms with E-state index in [0.717, 1.165) is 60.7 Å². The van der Waals surface area contributed by atoms with E-state index >= 15 is 0 Å². The Balaban J connectivity index is 0.000000322. The zero-order valence-electron chi connectivity index (χ0n) is 26.1. The second-order valence-electron chi connectivity index (χ2n) is 11.3. The van der Waals surface area contributed by atoms with Gasteiger partial charge in [-0.05, 0) is 97.7 Å². The summed E-state index contributed by atoms with van der Waals surface area (Å²) >= 11 is 12.1. The summed E-state index contributed by atoms with van der Waals surface area (Å²) in [7, 11) is 0. The quantitative estimate of drug-likeness (QED) is 0.151. The first-order chi connectivity index (χ1) is 23.0. The summed E-state index contributed by atoms with van der Waals surface area (Å²) in [6.45, 7) is 3.29. The molecule has 2 aromatic heterocycles. The molecule has 3 heterocycles. The highest BCUT2D eigenvalue weighted by atomic mass is 35.5. The van der Waals surface area contributed by atoms with Crippen LogP contribution in [0.2, 0.25) is 10.0 Å². The predicted molar refractivity (Wildman–Crippen MR) is 202 cm³/mol. The van der Waals surface area contributed by atoms with Crippen LogP contribution in [0.3, 0.4) is 0 Å². The highest BCUT2D eigenvalue weighted by Crippen LogP contribution is 2.26. The Morgan fingerprint density at radius 1 is 0.776 bits per heavy atom.